The quantitative estimate of drug-likeness (QED) is 0.758. The minimum atomic E-state index is -0.0569. The molecule has 0 unspecified atom stereocenters. The molecule has 0 bridgehead atoms. The van der Waals surface area contributed by atoms with Gasteiger partial charge in [-0.25, -0.2) is 9.97 Å². The number of para-hydroxylation sites is 1. The van der Waals surface area contributed by atoms with Gasteiger partial charge in [0.2, 0.25) is 0 Å². The average molecular weight is 377 g/mol. The van der Waals surface area contributed by atoms with E-state index in [9.17, 15) is 4.79 Å². The summed E-state index contributed by atoms with van der Waals surface area (Å²) >= 11 is 0. The molecule has 0 saturated heterocycles. The van der Waals surface area contributed by atoms with Crippen LogP contribution in [-0.4, -0.2) is 42.1 Å². The Morgan fingerprint density at radius 3 is 2.96 bits per heavy atom. The van der Waals surface area contributed by atoms with Gasteiger partial charge in [0, 0.05) is 43.3 Å². The molecule has 1 aliphatic carbocycles. The van der Waals surface area contributed by atoms with E-state index < -0.39 is 0 Å². The average Bonchev–Trinajstić information content (AvgIpc) is 3.57. The minimum absolute atomic E-state index is 0.0569. The summed E-state index contributed by atoms with van der Waals surface area (Å²) in [6, 6.07) is 8.75. The van der Waals surface area contributed by atoms with Gasteiger partial charge in [0.25, 0.3) is 5.91 Å². The first-order chi connectivity index (χ1) is 13.8. The first kappa shape index (κ1) is 17.5. The number of fused-ring (bicyclic) bond motifs is 2. The third kappa shape index (κ3) is 3.43. The molecule has 2 aromatic rings. The first-order valence-corrected chi connectivity index (χ1v) is 10.6. The second-order valence-corrected chi connectivity index (χ2v) is 8.04. The van der Waals surface area contributed by atoms with Crippen molar-refractivity contribution in [2.75, 3.05) is 36.4 Å². The third-order valence-corrected chi connectivity index (χ3v) is 5.95. The zero-order chi connectivity index (χ0) is 18.9. The van der Waals surface area contributed by atoms with Gasteiger partial charge >= 0.3 is 0 Å². The Morgan fingerprint density at radius 1 is 1.18 bits per heavy atom. The van der Waals surface area contributed by atoms with Crippen LogP contribution in [0.25, 0.3) is 0 Å². The van der Waals surface area contributed by atoms with E-state index in [0.29, 0.717) is 18.2 Å². The number of aromatic nitrogens is 2. The summed E-state index contributed by atoms with van der Waals surface area (Å²) in [4.78, 5) is 24.1. The number of carbonyl (C=O) groups excluding carboxylic acids is 1. The second kappa shape index (κ2) is 7.41. The van der Waals surface area contributed by atoms with Gasteiger partial charge in [-0.1, -0.05) is 18.2 Å². The van der Waals surface area contributed by atoms with Crippen LogP contribution in [0, 0.1) is 0 Å². The van der Waals surface area contributed by atoms with Gasteiger partial charge < -0.3 is 15.5 Å². The standard InChI is InChI=1S/C22H27N5O/c28-22-19-17(10-12-24-22)21(26-20(25-19)16-8-9-16)23-11-4-14-27-13-3-6-15-5-1-2-7-18(15)27/h1-2,5,7,16H,3-4,6,8-14H2,(H,24,28)(H,23,25,26). The number of anilines is 2. The molecule has 0 radical (unpaired) electrons. The van der Waals surface area contributed by atoms with Gasteiger partial charge in [-0.3, -0.25) is 4.79 Å². The monoisotopic (exact) mass is 377 g/mol. The Hall–Kier alpha value is -2.63. The van der Waals surface area contributed by atoms with Gasteiger partial charge in [0.05, 0.1) is 0 Å². The molecular formula is C22H27N5O. The SMILES string of the molecule is O=C1NCCc2c(NCCCN3CCCc4ccccc43)nc(C3CC3)nc21. The van der Waals surface area contributed by atoms with E-state index in [2.05, 4.69) is 44.8 Å². The summed E-state index contributed by atoms with van der Waals surface area (Å²) < 4.78 is 0. The van der Waals surface area contributed by atoms with Crippen LogP contribution >= 0.6 is 0 Å². The number of aryl methyl sites for hydroxylation is 1. The smallest absolute Gasteiger partial charge is 0.270 e. The molecule has 6 nitrogen and oxygen atoms in total. The Balaban J connectivity index is 1.26. The predicted molar refractivity (Wildman–Crippen MR) is 110 cm³/mol. The Labute approximate surface area is 165 Å². The highest BCUT2D eigenvalue weighted by atomic mass is 16.1. The number of amides is 1. The lowest BCUT2D eigenvalue weighted by atomic mass is 10.0. The lowest BCUT2D eigenvalue weighted by Gasteiger charge is -2.31. The lowest BCUT2D eigenvalue weighted by molar-refractivity contribution is 0.0940. The number of nitrogens with one attached hydrogen (secondary N) is 2. The van der Waals surface area contributed by atoms with Crippen LogP contribution in [0.1, 0.15) is 59.0 Å². The third-order valence-electron chi connectivity index (χ3n) is 5.95. The topological polar surface area (TPSA) is 70.2 Å². The van der Waals surface area contributed by atoms with Crippen LogP contribution < -0.4 is 15.5 Å². The largest absolute Gasteiger partial charge is 0.371 e. The number of hydrogen-bond donors (Lipinski definition) is 2. The fraction of sp³-hybridized carbons (Fsp3) is 0.500. The number of nitrogens with zero attached hydrogens (tertiary/aromatic N) is 3. The van der Waals surface area contributed by atoms with E-state index in [4.69, 9.17) is 4.98 Å². The molecule has 1 saturated carbocycles. The molecule has 28 heavy (non-hydrogen) atoms. The van der Waals surface area contributed by atoms with Gasteiger partial charge in [0.1, 0.15) is 17.3 Å². The van der Waals surface area contributed by atoms with E-state index in [1.807, 2.05) is 0 Å². The minimum Gasteiger partial charge on any atom is -0.371 e. The van der Waals surface area contributed by atoms with E-state index in [0.717, 1.165) is 62.5 Å². The number of rotatable bonds is 6. The van der Waals surface area contributed by atoms with Gasteiger partial charge in [-0.05, 0) is 50.2 Å². The van der Waals surface area contributed by atoms with Crippen LogP contribution in [-0.2, 0) is 12.8 Å². The molecule has 3 aliphatic rings. The van der Waals surface area contributed by atoms with Gasteiger partial charge in [-0.2, -0.15) is 0 Å². The summed E-state index contributed by atoms with van der Waals surface area (Å²) in [5.74, 6) is 2.09. The van der Waals surface area contributed by atoms with E-state index in [1.165, 1.54) is 24.1 Å². The fourth-order valence-electron chi connectivity index (χ4n) is 4.30. The van der Waals surface area contributed by atoms with Crippen molar-refractivity contribution in [3.8, 4) is 0 Å². The van der Waals surface area contributed by atoms with Crippen molar-refractivity contribution in [3.63, 3.8) is 0 Å². The van der Waals surface area contributed by atoms with Crippen molar-refractivity contribution >= 4 is 17.4 Å². The van der Waals surface area contributed by atoms with Crippen molar-refractivity contribution in [1.82, 2.24) is 15.3 Å². The summed E-state index contributed by atoms with van der Waals surface area (Å²) in [5.41, 5.74) is 4.42. The highest BCUT2D eigenvalue weighted by Crippen LogP contribution is 2.39. The molecule has 6 heteroatoms. The lowest BCUT2D eigenvalue weighted by Crippen LogP contribution is -2.34. The molecule has 0 atom stereocenters. The summed E-state index contributed by atoms with van der Waals surface area (Å²) in [7, 11) is 0. The van der Waals surface area contributed by atoms with Crippen molar-refractivity contribution in [3.05, 3.63) is 46.9 Å². The summed E-state index contributed by atoms with van der Waals surface area (Å²) in [5, 5.41) is 6.43. The zero-order valence-corrected chi connectivity index (χ0v) is 16.2. The molecule has 5 rings (SSSR count). The van der Waals surface area contributed by atoms with Crippen molar-refractivity contribution in [2.24, 2.45) is 0 Å². The Morgan fingerprint density at radius 2 is 2.07 bits per heavy atom. The highest BCUT2D eigenvalue weighted by Gasteiger charge is 2.31. The Bertz CT molecular complexity index is 892. The number of hydrogen-bond acceptors (Lipinski definition) is 5. The van der Waals surface area contributed by atoms with Crippen molar-refractivity contribution in [1.29, 1.82) is 0 Å². The van der Waals surface area contributed by atoms with E-state index >= 15 is 0 Å². The fourth-order valence-corrected chi connectivity index (χ4v) is 4.30. The van der Waals surface area contributed by atoms with Crippen LogP contribution in [0.15, 0.2) is 24.3 Å². The zero-order valence-electron chi connectivity index (χ0n) is 16.2. The number of benzene rings is 1. The molecule has 1 aromatic carbocycles. The first-order valence-electron chi connectivity index (χ1n) is 10.6. The van der Waals surface area contributed by atoms with E-state index in [-0.39, 0.29) is 5.91 Å². The molecule has 2 aliphatic heterocycles. The molecule has 1 fully saturated rings. The Kier molecular flexibility index (Phi) is 4.63. The van der Waals surface area contributed by atoms with Crippen LogP contribution in [0.3, 0.4) is 0 Å². The summed E-state index contributed by atoms with van der Waals surface area (Å²) in [6.07, 6.45) is 6.52. The van der Waals surface area contributed by atoms with Gasteiger partial charge in [0.15, 0.2) is 0 Å². The molecule has 0 spiro atoms. The number of carbonyl (C=O) groups is 1. The van der Waals surface area contributed by atoms with Crippen LogP contribution in [0.2, 0.25) is 0 Å². The van der Waals surface area contributed by atoms with E-state index in [1.54, 1.807) is 0 Å². The maximum Gasteiger partial charge on any atom is 0.270 e. The molecule has 2 N–H and O–H groups in total. The molecule has 1 amide bonds. The van der Waals surface area contributed by atoms with Crippen molar-refractivity contribution in [2.45, 2.75) is 44.4 Å². The van der Waals surface area contributed by atoms with Gasteiger partial charge in [-0.15, -0.1) is 0 Å². The second-order valence-electron chi connectivity index (χ2n) is 8.04. The normalized spacial score (nSPS) is 18.3. The predicted octanol–water partition coefficient (Wildman–Crippen LogP) is 2.89. The van der Waals surface area contributed by atoms with Crippen LogP contribution in [0.4, 0.5) is 11.5 Å². The highest BCUT2D eigenvalue weighted by molar-refractivity contribution is 5.96. The van der Waals surface area contributed by atoms with Crippen LogP contribution in [0.5, 0.6) is 0 Å². The molecule has 1 aromatic heterocycles. The molecule has 146 valence electrons. The van der Waals surface area contributed by atoms with Crippen molar-refractivity contribution < 1.29 is 4.79 Å². The molecular weight excluding hydrogens is 350 g/mol. The maximum atomic E-state index is 12.3. The molecule has 3 heterocycles. The maximum absolute atomic E-state index is 12.3. The summed E-state index contributed by atoms with van der Waals surface area (Å²) in [6.45, 7) is 3.68.